The molecule has 226 valence electrons. The molecule has 0 unspecified atom stereocenters. The normalized spacial score (nSPS) is 14.2. The summed E-state index contributed by atoms with van der Waals surface area (Å²) in [5.41, 5.74) is 0. The molecule has 0 aromatic rings. The molecule has 1 fully saturated rings. The Kier molecular flexibility index (Phi) is 27.0. The predicted octanol–water partition coefficient (Wildman–Crippen LogP) is 3.15. The van der Waals surface area contributed by atoms with E-state index in [1.165, 1.54) is 25.7 Å². The Morgan fingerprint density at radius 2 is 1.00 bits per heavy atom. The molecule has 1 heterocycles. The largest absolute Gasteiger partial charge is 0.463 e. The van der Waals surface area contributed by atoms with Crippen LogP contribution < -0.4 is 5.32 Å². The maximum Gasteiger partial charge on any atom is 0.305 e. The lowest BCUT2D eigenvalue weighted by atomic mass is 10.1. The third-order valence-corrected chi connectivity index (χ3v) is 5.95. The number of carbonyl (C=O) groups is 1. The van der Waals surface area contributed by atoms with Gasteiger partial charge >= 0.3 is 5.97 Å². The van der Waals surface area contributed by atoms with Gasteiger partial charge in [-0.2, -0.15) is 0 Å². The monoisotopic (exact) mass is 549 g/mol. The first-order valence-electron chi connectivity index (χ1n) is 14.8. The molecule has 0 aromatic heterocycles. The fourth-order valence-electron chi connectivity index (χ4n) is 3.77. The molecule has 0 amide bonds. The molecule has 0 bridgehead atoms. The van der Waals surface area contributed by atoms with Crippen molar-refractivity contribution in [2.24, 2.45) is 0 Å². The smallest absolute Gasteiger partial charge is 0.305 e. The van der Waals surface area contributed by atoms with E-state index in [0.29, 0.717) is 105 Å². The number of ether oxygens (including phenoxy) is 8. The van der Waals surface area contributed by atoms with Crippen molar-refractivity contribution in [2.75, 3.05) is 106 Å². The summed E-state index contributed by atoms with van der Waals surface area (Å²) < 4.78 is 43.8. The third-order valence-electron chi connectivity index (χ3n) is 5.95. The van der Waals surface area contributed by atoms with Crippen LogP contribution in [0.3, 0.4) is 0 Å². The first-order valence-corrected chi connectivity index (χ1v) is 14.8. The molecular formula is C28H55NO9. The van der Waals surface area contributed by atoms with Gasteiger partial charge in [0.2, 0.25) is 0 Å². The van der Waals surface area contributed by atoms with E-state index in [0.717, 1.165) is 38.8 Å². The van der Waals surface area contributed by atoms with Crippen LogP contribution in [-0.4, -0.2) is 118 Å². The lowest BCUT2D eigenvalue weighted by Crippen LogP contribution is -2.33. The van der Waals surface area contributed by atoms with Crippen molar-refractivity contribution in [1.82, 2.24) is 5.32 Å². The van der Waals surface area contributed by atoms with Crippen LogP contribution >= 0.6 is 0 Å². The molecule has 38 heavy (non-hydrogen) atoms. The lowest BCUT2D eigenvalue weighted by molar-refractivity contribution is -0.145. The average Bonchev–Trinajstić information content (AvgIpc) is 2.94. The minimum absolute atomic E-state index is 0.136. The van der Waals surface area contributed by atoms with E-state index in [1.54, 1.807) is 0 Å². The summed E-state index contributed by atoms with van der Waals surface area (Å²) in [6.45, 7) is 11.4. The molecule has 0 spiro atoms. The summed E-state index contributed by atoms with van der Waals surface area (Å²) in [7, 11) is 0. The number of hydrogen-bond acceptors (Lipinski definition) is 10. The summed E-state index contributed by atoms with van der Waals surface area (Å²) in [6, 6.07) is 0. The van der Waals surface area contributed by atoms with Gasteiger partial charge in [-0.1, -0.05) is 39.0 Å². The lowest BCUT2D eigenvalue weighted by Gasteiger charge is -2.22. The van der Waals surface area contributed by atoms with Gasteiger partial charge in [-0.25, -0.2) is 0 Å². The van der Waals surface area contributed by atoms with Gasteiger partial charge < -0.3 is 43.2 Å². The third kappa shape index (κ3) is 25.4. The molecule has 1 rings (SSSR count). The van der Waals surface area contributed by atoms with E-state index in [2.05, 4.69) is 12.2 Å². The van der Waals surface area contributed by atoms with Gasteiger partial charge in [0.05, 0.1) is 92.0 Å². The Hall–Kier alpha value is -0.850. The van der Waals surface area contributed by atoms with E-state index in [9.17, 15) is 4.79 Å². The molecule has 0 aliphatic carbocycles. The zero-order chi connectivity index (χ0) is 27.2. The Bertz CT molecular complexity index is 493. The van der Waals surface area contributed by atoms with E-state index in [1.807, 2.05) is 0 Å². The second-order valence-corrected chi connectivity index (χ2v) is 9.23. The van der Waals surface area contributed by atoms with Crippen LogP contribution in [0.1, 0.15) is 64.7 Å². The maximum atomic E-state index is 11.6. The number of nitrogens with one attached hydrogen (secondary N) is 1. The van der Waals surface area contributed by atoms with Crippen LogP contribution in [0.5, 0.6) is 0 Å². The highest BCUT2D eigenvalue weighted by Crippen LogP contribution is 2.08. The molecule has 0 atom stereocenters. The van der Waals surface area contributed by atoms with Crippen LogP contribution in [0.15, 0.2) is 0 Å². The number of piperidine rings is 1. The number of esters is 1. The zero-order valence-corrected chi connectivity index (χ0v) is 23.9. The molecular weight excluding hydrogens is 494 g/mol. The quantitative estimate of drug-likeness (QED) is 0.111. The second kappa shape index (κ2) is 29.1. The molecule has 1 N–H and O–H groups in total. The van der Waals surface area contributed by atoms with Crippen LogP contribution in [0.4, 0.5) is 0 Å². The van der Waals surface area contributed by atoms with Crippen molar-refractivity contribution >= 4 is 5.97 Å². The highest BCUT2D eigenvalue weighted by molar-refractivity contribution is 5.69. The zero-order valence-electron chi connectivity index (χ0n) is 23.9. The van der Waals surface area contributed by atoms with Gasteiger partial charge in [-0.05, 0) is 32.4 Å². The summed E-state index contributed by atoms with van der Waals surface area (Å²) in [5.74, 6) is -0.136. The maximum absolute atomic E-state index is 11.6. The Balaban J connectivity index is 1.65. The summed E-state index contributed by atoms with van der Waals surface area (Å²) in [6.07, 6.45) is 10.0. The van der Waals surface area contributed by atoms with Crippen molar-refractivity contribution in [2.45, 2.75) is 70.8 Å². The van der Waals surface area contributed by atoms with E-state index >= 15 is 0 Å². The number of rotatable bonds is 29. The van der Waals surface area contributed by atoms with Crippen LogP contribution in [-0.2, 0) is 42.7 Å². The Labute approximate surface area is 230 Å². The van der Waals surface area contributed by atoms with E-state index in [4.69, 9.17) is 37.9 Å². The van der Waals surface area contributed by atoms with Crippen LogP contribution in [0, 0.1) is 0 Å². The molecule has 0 aromatic carbocycles. The first-order chi connectivity index (χ1) is 18.8. The minimum atomic E-state index is -0.136. The molecule has 0 radical (unpaired) electrons. The van der Waals surface area contributed by atoms with E-state index < -0.39 is 0 Å². The number of hydrogen-bond donors (Lipinski definition) is 1. The van der Waals surface area contributed by atoms with Gasteiger partial charge in [0.15, 0.2) is 0 Å². The van der Waals surface area contributed by atoms with Crippen molar-refractivity contribution in [3.8, 4) is 0 Å². The van der Waals surface area contributed by atoms with Gasteiger partial charge in [-0.15, -0.1) is 0 Å². The SMILES string of the molecule is CCCCCCCCC(=O)OCCOCCOCCOCCOCCOCCOCCOC1CCNCC1. The van der Waals surface area contributed by atoms with Gasteiger partial charge in [0.1, 0.15) is 6.61 Å². The average molecular weight is 550 g/mol. The van der Waals surface area contributed by atoms with E-state index in [-0.39, 0.29) is 5.97 Å². The molecule has 1 saturated heterocycles. The number of unbranched alkanes of at least 4 members (excludes halogenated alkanes) is 5. The second-order valence-electron chi connectivity index (χ2n) is 9.23. The van der Waals surface area contributed by atoms with Crippen LogP contribution in [0.2, 0.25) is 0 Å². The topological polar surface area (TPSA) is 103 Å². The van der Waals surface area contributed by atoms with Crippen LogP contribution in [0.25, 0.3) is 0 Å². The van der Waals surface area contributed by atoms with Crippen molar-refractivity contribution in [1.29, 1.82) is 0 Å². The summed E-state index contributed by atoms with van der Waals surface area (Å²) in [4.78, 5) is 11.6. The summed E-state index contributed by atoms with van der Waals surface area (Å²) >= 11 is 0. The van der Waals surface area contributed by atoms with Gasteiger partial charge in [0.25, 0.3) is 0 Å². The minimum Gasteiger partial charge on any atom is -0.463 e. The molecule has 0 saturated carbocycles. The van der Waals surface area contributed by atoms with Crippen molar-refractivity contribution in [3.63, 3.8) is 0 Å². The fourth-order valence-corrected chi connectivity index (χ4v) is 3.77. The standard InChI is InChI=1S/C28H55NO9/c1-2-3-4-5-6-7-8-28(30)38-26-24-36-22-20-34-18-16-32-14-13-31-15-17-33-19-21-35-23-25-37-27-9-11-29-12-10-27/h27,29H,2-26H2,1H3. The molecule has 10 nitrogen and oxygen atoms in total. The summed E-state index contributed by atoms with van der Waals surface area (Å²) in [5, 5.41) is 3.33. The fraction of sp³-hybridized carbons (Fsp3) is 0.964. The molecule has 1 aliphatic rings. The predicted molar refractivity (Wildman–Crippen MR) is 146 cm³/mol. The first kappa shape index (κ1) is 35.2. The van der Waals surface area contributed by atoms with Gasteiger partial charge in [-0.3, -0.25) is 4.79 Å². The highest BCUT2D eigenvalue weighted by Gasteiger charge is 2.12. The van der Waals surface area contributed by atoms with Crippen molar-refractivity contribution < 1.29 is 42.7 Å². The Morgan fingerprint density at radius 3 is 1.50 bits per heavy atom. The molecule has 1 aliphatic heterocycles. The van der Waals surface area contributed by atoms with Gasteiger partial charge in [0, 0.05) is 6.42 Å². The van der Waals surface area contributed by atoms with Crippen molar-refractivity contribution in [3.05, 3.63) is 0 Å². The highest BCUT2D eigenvalue weighted by atomic mass is 16.6. The molecule has 10 heteroatoms. The number of carbonyl (C=O) groups excluding carboxylic acids is 1. The Morgan fingerprint density at radius 1 is 0.579 bits per heavy atom.